The smallest absolute Gasteiger partial charge is 0.331 e. The summed E-state index contributed by atoms with van der Waals surface area (Å²) in [7, 11) is 0. The van der Waals surface area contributed by atoms with E-state index in [-0.39, 0.29) is 0 Å². The van der Waals surface area contributed by atoms with Gasteiger partial charge in [-0.3, -0.25) is 0 Å². The van der Waals surface area contributed by atoms with E-state index in [1.165, 1.54) is 0 Å². The van der Waals surface area contributed by atoms with Crippen LogP contribution in [0.25, 0.3) is 0 Å². The average Bonchev–Trinajstić information content (AvgIpc) is 1.82. The van der Waals surface area contributed by atoms with Gasteiger partial charge in [0.2, 0.25) is 6.08 Å². The van der Waals surface area contributed by atoms with E-state index in [0.29, 0.717) is 0 Å². The van der Waals surface area contributed by atoms with Crippen molar-refractivity contribution < 1.29 is 19.8 Å². The highest BCUT2D eigenvalue weighted by molar-refractivity contribution is 5.74. The SMILES string of the molecule is O=C=NC(CO)C(=O)O. The zero-order chi connectivity index (χ0) is 7.28. The Morgan fingerprint density at radius 3 is 2.44 bits per heavy atom. The van der Waals surface area contributed by atoms with Gasteiger partial charge in [0.05, 0.1) is 6.61 Å². The molecule has 2 N–H and O–H groups in total. The summed E-state index contributed by atoms with van der Waals surface area (Å²) in [4.78, 5) is 22.1. The molecule has 50 valence electrons. The summed E-state index contributed by atoms with van der Waals surface area (Å²) < 4.78 is 0. The Morgan fingerprint density at radius 1 is 1.78 bits per heavy atom. The first kappa shape index (κ1) is 7.81. The normalized spacial score (nSPS) is 11.7. The first-order chi connectivity index (χ1) is 4.22. The van der Waals surface area contributed by atoms with Crippen LogP contribution in [0.1, 0.15) is 0 Å². The Balaban J connectivity index is 3.98. The highest BCUT2D eigenvalue weighted by Crippen LogP contribution is 1.85. The minimum atomic E-state index is -1.36. The van der Waals surface area contributed by atoms with E-state index in [1.54, 1.807) is 0 Å². The molecule has 0 rings (SSSR count). The number of aliphatic imine (C=N–C) groups is 1. The minimum Gasteiger partial charge on any atom is -0.480 e. The quantitative estimate of drug-likeness (QED) is 0.370. The molecule has 0 aliphatic rings. The van der Waals surface area contributed by atoms with Crippen molar-refractivity contribution in [2.75, 3.05) is 6.61 Å². The molecule has 5 nitrogen and oxygen atoms in total. The lowest BCUT2D eigenvalue weighted by atomic mass is 10.3. The third-order valence-corrected chi connectivity index (χ3v) is 0.667. The lowest BCUT2D eigenvalue weighted by molar-refractivity contribution is -0.139. The lowest BCUT2D eigenvalue weighted by Gasteiger charge is -1.96. The zero-order valence-corrected chi connectivity index (χ0v) is 4.44. The van der Waals surface area contributed by atoms with E-state index in [4.69, 9.17) is 10.2 Å². The summed E-state index contributed by atoms with van der Waals surface area (Å²) in [6, 6.07) is -1.36. The number of carbonyl (C=O) groups is 1. The molecule has 0 radical (unpaired) electrons. The van der Waals surface area contributed by atoms with Gasteiger partial charge in [-0.25, -0.2) is 9.59 Å². The van der Waals surface area contributed by atoms with Crippen LogP contribution in [0.4, 0.5) is 0 Å². The molecule has 1 atom stereocenters. The molecular formula is C4H5NO4. The summed E-state index contributed by atoms with van der Waals surface area (Å²) in [5.74, 6) is -1.33. The molecule has 1 unspecified atom stereocenters. The highest BCUT2D eigenvalue weighted by Gasteiger charge is 2.13. The number of aliphatic hydroxyl groups is 1. The number of aliphatic hydroxyl groups excluding tert-OH is 1. The van der Waals surface area contributed by atoms with Crippen LogP contribution < -0.4 is 0 Å². The van der Waals surface area contributed by atoms with E-state index in [2.05, 4.69) is 4.99 Å². The number of isocyanates is 1. The molecule has 0 bridgehead atoms. The summed E-state index contributed by atoms with van der Waals surface area (Å²) in [6.45, 7) is -0.676. The molecule has 0 aromatic rings. The topological polar surface area (TPSA) is 87.0 Å². The van der Waals surface area contributed by atoms with Crippen LogP contribution in [0, 0.1) is 0 Å². The molecule has 0 amide bonds. The third kappa shape index (κ3) is 2.58. The van der Waals surface area contributed by atoms with Crippen molar-refractivity contribution >= 4 is 12.0 Å². The van der Waals surface area contributed by atoms with Gasteiger partial charge in [-0.15, -0.1) is 0 Å². The number of rotatable bonds is 3. The number of hydrogen-bond acceptors (Lipinski definition) is 4. The van der Waals surface area contributed by atoms with Gasteiger partial charge >= 0.3 is 5.97 Å². The van der Waals surface area contributed by atoms with E-state index in [9.17, 15) is 9.59 Å². The maximum absolute atomic E-state index is 9.89. The van der Waals surface area contributed by atoms with Crippen LogP contribution in [0.15, 0.2) is 4.99 Å². The zero-order valence-electron chi connectivity index (χ0n) is 4.44. The molecule has 0 saturated heterocycles. The van der Waals surface area contributed by atoms with Gasteiger partial charge in [0.25, 0.3) is 0 Å². The summed E-state index contributed by atoms with van der Waals surface area (Å²) in [5.41, 5.74) is 0. The number of carboxylic acids is 1. The lowest BCUT2D eigenvalue weighted by Crippen LogP contribution is -2.21. The molecule has 0 spiro atoms. The van der Waals surface area contributed by atoms with Crippen molar-refractivity contribution in [3.05, 3.63) is 0 Å². The van der Waals surface area contributed by atoms with Crippen LogP contribution in [0.2, 0.25) is 0 Å². The maximum Gasteiger partial charge on any atom is 0.331 e. The third-order valence-electron chi connectivity index (χ3n) is 0.667. The van der Waals surface area contributed by atoms with Crippen LogP contribution in [0.3, 0.4) is 0 Å². The summed E-state index contributed by atoms with van der Waals surface area (Å²) in [5, 5.41) is 16.2. The molecular weight excluding hydrogens is 126 g/mol. The van der Waals surface area contributed by atoms with E-state index in [0.717, 1.165) is 6.08 Å². The molecule has 0 aliphatic carbocycles. The second-order valence-corrected chi connectivity index (χ2v) is 1.26. The van der Waals surface area contributed by atoms with Crippen molar-refractivity contribution in [1.82, 2.24) is 0 Å². The Kier molecular flexibility index (Phi) is 3.27. The standard InChI is InChI=1S/C4H5NO4/c6-1-3(4(8)9)5-2-7/h3,6H,1H2,(H,8,9). The average molecular weight is 131 g/mol. The maximum atomic E-state index is 9.89. The Morgan fingerprint density at radius 2 is 2.33 bits per heavy atom. The fraction of sp³-hybridized carbons (Fsp3) is 0.500. The molecule has 0 aromatic carbocycles. The number of aliphatic carboxylic acids is 1. The second-order valence-electron chi connectivity index (χ2n) is 1.26. The predicted octanol–water partition coefficient (Wildman–Crippen LogP) is -1.23. The first-order valence-corrected chi connectivity index (χ1v) is 2.13. The molecule has 0 aromatic heterocycles. The van der Waals surface area contributed by atoms with Crippen molar-refractivity contribution in [2.45, 2.75) is 6.04 Å². The number of hydrogen-bond donors (Lipinski definition) is 2. The monoisotopic (exact) mass is 131 g/mol. The summed E-state index contributed by atoms with van der Waals surface area (Å²) >= 11 is 0. The van der Waals surface area contributed by atoms with Crippen molar-refractivity contribution in [3.63, 3.8) is 0 Å². The van der Waals surface area contributed by atoms with Gasteiger partial charge in [0.15, 0.2) is 6.04 Å². The van der Waals surface area contributed by atoms with E-state index in [1.807, 2.05) is 0 Å². The second kappa shape index (κ2) is 3.77. The van der Waals surface area contributed by atoms with Crippen molar-refractivity contribution in [2.24, 2.45) is 4.99 Å². The van der Waals surface area contributed by atoms with Gasteiger partial charge in [-0.2, -0.15) is 4.99 Å². The van der Waals surface area contributed by atoms with E-state index >= 15 is 0 Å². The highest BCUT2D eigenvalue weighted by atomic mass is 16.4. The van der Waals surface area contributed by atoms with Gasteiger partial charge in [0.1, 0.15) is 0 Å². The van der Waals surface area contributed by atoms with Crippen LogP contribution in [-0.2, 0) is 9.59 Å². The Bertz CT molecular complexity index is 147. The van der Waals surface area contributed by atoms with Gasteiger partial charge in [-0.05, 0) is 0 Å². The molecule has 5 heteroatoms. The Labute approximate surface area is 50.6 Å². The molecule has 0 heterocycles. The van der Waals surface area contributed by atoms with Crippen LogP contribution >= 0.6 is 0 Å². The fourth-order valence-electron chi connectivity index (χ4n) is 0.238. The van der Waals surface area contributed by atoms with Crippen LogP contribution in [-0.4, -0.2) is 34.9 Å². The predicted molar refractivity (Wildman–Crippen MR) is 26.6 cm³/mol. The van der Waals surface area contributed by atoms with Crippen molar-refractivity contribution in [3.8, 4) is 0 Å². The van der Waals surface area contributed by atoms with Crippen molar-refractivity contribution in [1.29, 1.82) is 0 Å². The first-order valence-electron chi connectivity index (χ1n) is 2.13. The summed E-state index contributed by atoms with van der Waals surface area (Å²) in [6.07, 6.45) is 1.03. The number of carboxylic acid groups (broad SMARTS) is 1. The molecule has 0 saturated carbocycles. The van der Waals surface area contributed by atoms with Crippen LogP contribution in [0.5, 0.6) is 0 Å². The van der Waals surface area contributed by atoms with Gasteiger partial charge < -0.3 is 10.2 Å². The molecule has 0 fully saturated rings. The molecule has 9 heavy (non-hydrogen) atoms. The van der Waals surface area contributed by atoms with E-state index < -0.39 is 18.6 Å². The fourth-order valence-corrected chi connectivity index (χ4v) is 0.238. The number of carbonyl (C=O) groups excluding carboxylic acids is 1. The van der Waals surface area contributed by atoms with Gasteiger partial charge in [-0.1, -0.05) is 0 Å². The number of nitrogens with zero attached hydrogens (tertiary/aromatic N) is 1. The van der Waals surface area contributed by atoms with Gasteiger partial charge in [0, 0.05) is 0 Å². The Hall–Kier alpha value is -1.19. The molecule has 0 aliphatic heterocycles. The minimum absolute atomic E-state index is 0.676. The largest absolute Gasteiger partial charge is 0.480 e.